The van der Waals surface area contributed by atoms with E-state index in [-0.39, 0.29) is 12.5 Å². The van der Waals surface area contributed by atoms with E-state index in [4.69, 9.17) is 21.1 Å². The molecule has 2 N–H and O–H groups in total. The van der Waals surface area contributed by atoms with E-state index in [9.17, 15) is 14.7 Å². The molecule has 166 valence electrons. The Morgan fingerprint density at radius 2 is 2.06 bits per heavy atom. The van der Waals surface area contributed by atoms with Crippen molar-refractivity contribution in [2.24, 2.45) is 5.92 Å². The number of fused-ring (bicyclic) bond motifs is 1. The minimum Gasteiger partial charge on any atom is -0.494 e. The lowest BCUT2D eigenvalue weighted by atomic mass is 9.93. The van der Waals surface area contributed by atoms with Gasteiger partial charge in [-0.3, -0.25) is 9.59 Å². The van der Waals surface area contributed by atoms with Crippen LogP contribution >= 0.6 is 11.6 Å². The SMILES string of the molecule is CCCOc1ccc(C(=O)NCc2cc(CC(CC)C(=O)O)cc3c2OCC3)c(Cl)c1. The van der Waals surface area contributed by atoms with Crippen LogP contribution in [0.1, 0.15) is 53.7 Å². The summed E-state index contributed by atoms with van der Waals surface area (Å²) in [4.78, 5) is 24.1. The molecule has 0 radical (unpaired) electrons. The fourth-order valence-electron chi connectivity index (χ4n) is 3.66. The highest BCUT2D eigenvalue weighted by Gasteiger charge is 2.22. The third-order valence-corrected chi connectivity index (χ3v) is 5.65. The molecule has 2 aromatic carbocycles. The highest BCUT2D eigenvalue weighted by atomic mass is 35.5. The molecule has 0 bridgehead atoms. The number of carboxylic acids is 1. The number of rotatable bonds is 10. The van der Waals surface area contributed by atoms with Crippen molar-refractivity contribution in [3.05, 3.63) is 57.6 Å². The monoisotopic (exact) mass is 445 g/mol. The van der Waals surface area contributed by atoms with Crippen molar-refractivity contribution >= 4 is 23.5 Å². The summed E-state index contributed by atoms with van der Waals surface area (Å²) in [5.41, 5.74) is 3.21. The van der Waals surface area contributed by atoms with E-state index in [2.05, 4.69) is 5.32 Å². The third-order valence-electron chi connectivity index (χ3n) is 5.34. The van der Waals surface area contributed by atoms with Gasteiger partial charge in [0.25, 0.3) is 5.91 Å². The first-order valence-corrected chi connectivity index (χ1v) is 11.0. The highest BCUT2D eigenvalue weighted by molar-refractivity contribution is 6.34. The number of nitrogens with one attached hydrogen (secondary N) is 1. The molecular weight excluding hydrogens is 418 g/mol. The van der Waals surface area contributed by atoms with Gasteiger partial charge < -0.3 is 19.9 Å². The van der Waals surface area contributed by atoms with Gasteiger partial charge in [-0.2, -0.15) is 0 Å². The average molecular weight is 446 g/mol. The number of hydrogen-bond acceptors (Lipinski definition) is 4. The number of ether oxygens (including phenoxy) is 2. The van der Waals surface area contributed by atoms with Crippen LogP contribution in [0.2, 0.25) is 5.02 Å². The zero-order valence-corrected chi connectivity index (χ0v) is 18.6. The quantitative estimate of drug-likeness (QED) is 0.556. The summed E-state index contributed by atoms with van der Waals surface area (Å²) >= 11 is 6.29. The first kappa shape index (κ1) is 22.9. The smallest absolute Gasteiger partial charge is 0.306 e. The molecule has 3 rings (SSSR count). The van der Waals surface area contributed by atoms with Crippen LogP contribution in [0.5, 0.6) is 11.5 Å². The van der Waals surface area contributed by atoms with Crippen LogP contribution < -0.4 is 14.8 Å². The maximum atomic E-state index is 12.7. The molecular formula is C24H28ClNO5. The Morgan fingerprint density at radius 1 is 1.26 bits per heavy atom. The second kappa shape index (κ2) is 10.5. The second-order valence-electron chi connectivity index (χ2n) is 7.66. The number of hydrogen-bond donors (Lipinski definition) is 2. The predicted molar refractivity (Wildman–Crippen MR) is 119 cm³/mol. The van der Waals surface area contributed by atoms with Gasteiger partial charge in [0.15, 0.2) is 0 Å². The minimum atomic E-state index is -0.796. The molecule has 1 aliphatic rings. The van der Waals surface area contributed by atoms with Gasteiger partial charge in [-0.1, -0.05) is 37.6 Å². The minimum absolute atomic E-state index is 0.267. The van der Waals surface area contributed by atoms with Gasteiger partial charge in [0.1, 0.15) is 11.5 Å². The predicted octanol–water partition coefficient (Wildman–Crippen LogP) is 4.65. The molecule has 0 aliphatic carbocycles. The van der Waals surface area contributed by atoms with E-state index in [1.165, 1.54) is 0 Å². The molecule has 0 aromatic heterocycles. The number of carbonyl (C=O) groups is 2. The lowest BCUT2D eigenvalue weighted by molar-refractivity contribution is -0.141. The number of carboxylic acid groups (broad SMARTS) is 1. The average Bonchev–Trinajstić information content (AvgIpc) is 3.22. The number of halogens is 1. The van der Waals surface area contributed by atoms with Gasteiger partial charge >= 0.3 is 5.97 Å². The summed E-state index contributed by atoms with van der Waals surface area (Å²) in [6, 6.07) is 8.97. The van der Waals surface area contributed by atoms with Crippen molar-refractivity contribution in [1.82, 2.24) is 5.32 Å². The first-order chi connectivity index (χ1) is 14.9. The first-order valence-electron chi connectivity index (χ1n) is 10.6. The van der Waals surface area contributed by atoms with Crippen LogP contribution in [0.25, 0.3) is 0 Å². The van der Waals surface area contributed by atoms with Crippen molar-refractivity contribution < 1.29 is 24.2 Å². The van der Waals surface area contributed by atoms with Gasteiger partial charge in [-0.05, 0) is 48.6 Å². The van der Waals surface area contributed by atoms with Crippen LogP contribution in [0.3, 0.4) is 0 Å². The summed E-state index contributed by atoms with van der Waals surface area (Å²) in [6.45, 7) is 5.33. The van der Waals surface area contributed by atoms with E-state index < -0.39 is 11.9 Å². The van der Waals surface area contributed by atoms with Crippen LogP contribution in [0, 0.1) is 5.92 Å². The second-order valence-corrected chi connectivity index (χ2v) is 8.07. The fourth-order valence-corrected chi connectivity index (χ4v) is 3.92. The Bertz CT molecular complexity index is 959. The van der Waals surface area contributed by atoms with Crippen molar-refractivity contribution in [2.75, 3.05) is 13.2 Å². The molecule has 0 saturated carbocycles. The molecule has 2 aromatic rings. The van der Waals surface area contributed by atoms with Crippen LogP contribution in [-0.4, -0.2) is 30.2 Å². The highest BCUT2D eigenvalue weighted by Crippen LogP contribution is 2.32. The molecule has 1 aliphatic heterocycles. The molecule has 0 spiro atoms. The van der Waals surface area contributed by atoms with E-state index in [1.807, 2.05) is 26.0 Å². The number of carbonyl (C=O) groups excluding carboxylic acids is 1. The van der Waals surface area contributed by atoms with Crippen molar-refractivity contribution in [2.45, 2.75) is 46.1 Å². The Balaban J connectivity index is 1.73. The van der Waals surface area contributed by atoms with E-state index in [1.54, 1.807) is 18.2 Å². The number of amides is 1. The van der Waals surface area contributed by atoms with Gasteiger partial charge in [0, 0.05) is 18.5 Å². The summed E-state index contributed by atoms with van der Waals surface area (Å²) in [7, 11) is 0. The third kappa shape index (κ3) is 5.70. The molecule has 31 heavy (non-hydrogen) atoms. The van der Waals surface area contributed by atoms with Crippen LogP contribution in [0.4, 0.5) is 0 Å². The van der Waals surface area contributed by atoms with E-state index in [0.29, 0.717) is 42.4 Å². The summed E-state index contributed by atoms with van der Waals surface area (Å²) in [6.07, 6.45) is 2.67. The number of aliphatic carboxylic acids is 1. The standard InChI is InChI=1S/C24H28ClNO5/c1-3-8-30-19-5-6-20(21(25)13-19)23(27)26-14-18-12-15(10-16(4-2)24(28)29)11-17-7-9-31-22(17)18/h5-6,11-13,16H,3-4,7-10,14H2,1-2H3,(H,26,27)(H,28,29). The Morgan fingerprint density at radius 3 is 2.74 bits per heavy atom. The largest absolute Gasteiger partial charge is 0.494 e. The van der Waals surface area contributed by atoms with Crippen molar-refractivity contribution in [3.63, 3.8) is 0 Å². The molecule has 0 fully saturated rings. The zero-order chi connectivity index (χ0) is 22.4. The van der Waals surface area contributed by atoms with Gasteiger partial charge in [0.2, 0.25) is 0 Å². The van der Waals surface area contributed by atoms with Crippen LogP contribution in [0.15, 0.2) is 30.3 Å². The summed E-state index contributed by atoms with van der Waals surface area (Å²) in [5, 5.41) is 12.6. The Labute approximate surface area is 187 Å². The lowest BCUT2D eigenvalue weighted by Gasteiger charge is -2.15. The maximum absolute atomic E-state index is 12.7. The molecule has 1 atom stereocenters. The van der Waals surface area contributed by atoms with Crippen molar-refractivity contribution in [3.8, 4) is 11.5 Å². The zero-order valence-electron chi connectivity index (χ0n) is 17.9. The van der Waals surface area contributed by atoms with Gasteiger partial charge in [0.05, 0.1) is 29.7 Å². The normalized spacial score (nSPS) is 13.3. The molecule has 1 unspecified atom stereocenters. The molecule has 6 nitrogen and oxygen atoms in total. The molecule has 7 heteroatoms. The Hall–Kier alpha value is -2.73. The van der Waals surface area contributed by atoms with Crippen molar-refractivity contribution in [1.29, 1.82) is 0 Å². The topological polar surface area (TPSA) is 84.9 Å². The van der Waals surface area contributed by atoms with Gasteiger partial charge in [-0.25, -0.2) is 0 Å². The summed E-state index contributed by atoms with van der Waals surface area (Å²) < 4.78 is 11.3. The van der Waals surface area contributed by atoms with E-state index in [0.717, 1.165) is 35.3 Å². The van der Waals surface area contributed by atoms with Crippen LogP contribution in [-0.2, 0) is 24.2 Å². The number of benzene rings is 2. The molecule has 0 saturated heterocycles. The Kier molecular flexibility index (Phi) is 7.80. The molecule has 1 heterocycles. The van der Waals surface area contributed by atoms with E-state index >= 15 is 0 Å². The summed E-state index contributed by atoms with van der Waals surface area (Å²) in [5.74, 6) is -0.112. The molecule has 1 amide bonds. The lowest BCUT2D eigenvalue weighted by Crippen LogP contribution is -2.23. The maximum Gasteiger partial charge on any atom is 0.306 e. The fraction of sp³-hybridized carbons (Fsp3) is 0.417. The van der Waals surface area contributed by atoms with Gasteiger partial charge in [-0.15, -0.1) is 0 Å².